The number of aryl methyl sites for hydroxylation is 1. The third-order valence-corrected chi connectivity index (χ3v) is 4.09. The lowest BCUT2D eigenvalue weighted by Crippen LogP contribution is -2.46. The van der Waals surface area contributed by atoms with Gasteiger partial charge in [0.05, 0.1) is 6.54 Å². The van der Waals surface area contributed by atoms with Crippen molar-refractivity contribution in [3.63, 3.8) is 0 Å². The van der Waals surface area contributed by atoms with Crippen LogP contribution >= 0.6 is 0 Å². The number of hydrogen-bond donors (Lipinski definition) is 1. The van der Waals surface area contributed by atoms with Gasteiger partial charge in [0.2, 0.25) is 5.91 Å². The molecule has 1 saturated carbocycles. The molecule has 0 aliphatic heterocycles. The molecule has 1 amide bonds. The zero-order valence-electron chi connectivity index (χ0n) is 12.9. The number of nitrogens with zero attached hydrogens (tertiary/aromatic N) is 1. The van der Waals surface area contributed by atoms with Crippen LogP contribution in [-0.4, -0.2) is 36.0 Å². The second-order valence-corrected chi connectivity index (χ2v) is 6.46. The zero-order valence-corrected chi connectivity index (χ0v) is 12.9. The van der Waals surface area contributed by atoms with Gasteiger partial charge in [0, 0.05) is 18.6 Å². The van der Waals surface area contributed by atoms with Crippen LogP contribution in [0.1, 0.15) is 38.7 Å². The molecule has 3 heteroatoms. The second-order valence-electron chi connectivity index (χ2n) is 6.46. The molecule has 1 N–H and O–H groups in total. The molecule has 0 radical (unpaired) electrons. The first-order valence-electron chi connectivity index (χ1n) is 7.52. The normalized spacial score (nSPS) is 15.2. The lowest BCUT2D eigenvalue weighted by molar-refractivity contribution is -0.129. The molecule has 0 aromatic heterocycles. The Balaban J connectivity index is 1.74. The highest BCUT2D eigenvalue weighted by Crippen LogP contribution is 2.25. The summed E-state index contributed by atoms with van der Waals surface area (Å²) >= 11 is 0. The minimum absolute atomic E-state index is 0.0180. The highest BCUT2D eigenvalue weighted by atomic mass is 16.2. The van der Waals surface area contributed by atoms with Crippen molar-refractivity contribution in [3.8, 4) is 0 Å². The molecule has 0 unspecified atom stereocenters. The average Bonchev–Trinajstić information content (AvgIpc) is 3.28. The van der Waals surface area contributed by atoms with Gasteiger partial charge in [0.15, 0.2) is 0 Å². The predicted octanol–water partition coefficient (Wildman–Crippen LogP) is 2.61. The fraction of sp³-hybridized carbons (Fsp3) is 0.588. The summed E-state index contributed by atoms with van der Waals surface area (Å²) in [5, 5.41) is 3.40. The molecular weight excluding hydrogens is 248 g/mol. The van der Waals surface area contributed by atoms with Gasteiger partial charge in [0.1, 0.15) is 0 Å². The van der Waals surface area contributed by atoms with Crippen LogP contribution in [0.25, 0.3) is 0 Å². The topological polar surface area (TPSA) is 32.3 Å². The Kier molecular flexibility index (Phi) is 4.81. The lowest BCUT2D eigenvalue weighted by atomic mass is 9.95. The number of carbonyl (C=O) groups is 1. The smallest absolute Gasteiger partial charge is 0.236 e. The molecule has 20 heavy (non-hydrogen) atoms. The van der Waals surface area contributed by atoms with E-state index in [1.165, 1.54) is 18.4 Å². The van der Waals surface area contributed by atoms with Gasteiger partial charge in [-0.2, -0.15) is 0 Å². The van der Waals surface area contributed by atoms with Gasteiger partial charge in [-0.05, 0) is 45.1 Å². The number of likely N-dealkylation sites (N-methyl/N-ethyl adjacent to an activating group) is 1. The molecule has 1 aliphatic rings. The number of hydrogen-bond acceptors (Lipinski definition) is 2. The first-order valence-corrected chi connectivity index (χ1v) is 7.52. The van der Waals surface area contributed by atoms with E-state index in [9.17, 15) is 4.79 Å². The highest BCUT2D eigenvalue weighted by Gasteiger charge is 2.30. The third-order valence-electron chi connectivity index (χ3n) is 4.09. The fourth-order valence-corrected chi connectivity index (χ4v) is 2.29. The Hall–Kier alpha value is -1.35. The molecular formula is C17H26N2O. The van der Waals surface area contributed by atoms with Crippen molar-refractivity contribution in [2.45, 2.75) is 51.1 Å². The van der Waals surface area contributed by atoms with Gasteiger partial charge in [-0.1, -0.05) is 30.3 Å². The van der Waals surface area contributed by atoms with Crippen molar-refractivity contribution in [1.29, 1.82) is 0 Å². The number of amides is 1. The molecule has 3 nitrogen and oxygen atoms in total. The van der Waals surface area contributed by atoms with E-state index < -0.39 is 0 Å². The van der Waals surface area contributed by atoms with E-state index >= 15 is 0 Å². The number of carbonyl (C=O) groups excluding carboxylic acids is 1. The average molecular weight is 274 g/mol. The summed E-state index contributed by atoms with van der Waals surface area (Å²) in [7, 11) is 1.92. The SMILES string of the molecule is CN(C(=O)CNC(C)(C)CCc1ccccc1)C1CC1. The number of nitrogens with one attached hydrogen (secondary N) is 1. The van der Waals surface area contributed by atoms with Crippen LogP contribution < -0.4 is 5.32 Å². The molecule has 1 fully saturated rings. The maximum atomic E-state index is 12.0. The van der Waals surface area contributed by atoms with Crippen LogP contribution in [0.3, 0.4) is 0 Å². The summed E-state index contributed by atoms with van der Waals surface area (Å²) in [5.41, 5.74) is 1.33. The van der Waals surface area contributed by atoms with E-state index in [0.29, 0.717) is 12.6 Å². The second kappa shape index (κ2) is 6.40. The summed E-state index contributed by atoms with van der Waals surface area (Å²) in [5.74, 6) is 0.209. The summed E-state index contributed by atoms with van der Waals surface area (Å²) in [6, 6.07) is 11.0. The number of rotatable bonds is 7. The molecule has 0 saturated heterocycles. The Bertz CT molecular complexity index is 438. The number of benzene rings is 1. The first-order chi connectivity index (χ1) is 9.48. The van der Waals surface area contributed by atoms with Gasteiger partial charge in [-0.3, -0.25) is 4.79 Å². The molecule has 2 rings (SSSR count). The van der Waals surface area contributed by atoms with Crippen molar-refractivity contribution in [2.75, 3.05) is 13.6 Å². The van der Waals surface area contributed by atoms with Crippen LogP contribution in [0.5, 0.6) is 0 Å². The maximum absolute atomic E-state index is 12.0. The monoisotopic (exact) mass is 274 g/mol. The fourth-order valence-electron chi connectivity index (χ4n) is 2.29. The highest BCUT2D eigenvalue weighted by molar-refractivity contribution is 5.78. The molecule has 0 bridgehead atoms. The molecule has 110 valence electrons. The zero-order chi connectivity index (χ0) is 14.6. The third kappa shape index (κ3) is 4.64. The van der Waals surface area contributed by atoms with Crippen molar-refractivity contribution in [1.82, 2.24) is 10.2 Å². The van der Waals surface area contributed by atoms with Gasteiger partial charge in [-0.25, -0.2) is 0 Å². The van der Waals surface area contributed by atoms with E-state index in [1.807, 2.05) is 18.0 Å². The summed E-state index contributed by atoms with van der Waals surface area (Å²) in [6.07, 6.45) is 4.39. The minimum Gasteiger partial charge on any atom is -0.342 e. The van der Waals surface area contributed by atoms with Crippen LogP contribution in [0.4, 0.5) is 0 Å². The minimum atomic E-state index is -0.0180. The lowest BCUT2D eigenvalue weighted by Gasteiger charge is -2.27. The van der Waals surface area contributed by atoms with Crippen LogP contribution in [0.2, 0.25) is 0 Å². The molecule has 0 spiro atoms. The van der Waals surface area contributed by atoms with Gasteiger partial charge >= 0.3 is 0 Å². The molecule has 0 atom stereocenters. The van der Waals surface area contributed by atoms with Gasteiger partial charge in [-0.15, -0.1) is 0 Å². The molecule has 1 aliphatic carbocycles. The molecule has 1 aromatic carbocycles. The Morgan fingerprint density at radius 1 is 1.30 bits per heavy atom. The molecule has 0 heterocycles. The van der Waals surface area contributed by atoms with E-state index in [-0.39, 0.29) is 11.4 Å². The van der Waals surface area contributed by atoms with Crippen molar-refractivity contribution < 1.29 is 4.79 Å². The maximum Gasteiger partial charge on any atom is 0.236 e. The van der Waals surface area contributed by atoms with Crippen molar-refractivity contribution >= 4 is 5.91 Å². The van der Waals surface area contributed by atoms with E-state index in [4.69, 9.17) is 0 Å². The van der Waals surface area contributed by atoms with Crippen LogP contribution in [0.15, 0.2) is 30.3 Å². The quantitative estimate of drug-likeness (QED) is 0.829. The van der Waals surface area contributed by atoms with Crippen molar-refractivity contribution in [3.05, 3.63) is 35.9 Å². The largest absolute Gasteiger partial charge is 0.342 e. The van der Waals surface area contributed by atoms with Gasteiger partial charge < -0.3 is 10.2 Å². The van der Waals surface area contributed by atoms with E-state index in [0.717, 1.165) is 12.8 Å². The first kappa shape index (κ1) is 15.0. The Morgan fingerprint density at radius 2 is 1.95 bits per heavy atom. The summed E-state index contributed by atoms with van der Waals surface area (Å²) in [6.45, 7) is 4.77. The standard InChI is InChI=1S/C17H26N2O/c1-17(2,12-11-14-7-5-4-6-8-14)18-13-16(20)19(3)15-9-10-15/h4-8,15,18H,9-13H2,1-3H3. The predicted molar refractivity (Wildman–Crippen MR) is 82.6 cm³/mol. The molecule has 1 aromatic rings. The summed E-state index contributed by atoms with van der Waals surface area (Å²) in [4.78, 5) is 13.9. The van der Waals surface area contributed by atoms with Gasteiger partial charge in [0.25, 0.3) is 0 Å². The summed E-state index contributed by atoms with van der Waals surface area (Å²) < 4.78 is 0. The van der Waals surface area contributed by atoms with Crippen molar-refractivity contribution in [2.24, 2.45) is 0 Å². The Morgan fingerprint density at radius 3 is 2.55 bits per heavy atom. The van der Waals surface area contributed by atoms with E-state index in [1.54, 1.807) is 0 Å². The van der Waals surface area contributed by atoms with E-state index in [2.05, 4.69) is 43.4 Å². The van der Waals surface area contributed by atoms with Crippen LogP contribution in [0, 0.1) is 0 Å². The van der Waals surface area contributed by atoms with Crippen LogP contribution in [-0.2, 0) is 11.2 Å². The Labute approximate surface area is 122 Å².